The molecule has 14 heavy (non-hydrogen) atoms. The summed E-state index contributed by atoms with van der Waals surface area (Å²) in [5, 5.41) is 0. The van der Waals surface area contributed by atoms with Crippen molar-refractivity contribution < 1.29 is 27.2 Å². The zero-order valence-corrected chi connectivity index (χ0v) is 10.3. The Morgan fingerprint density at radius 2 is 1.07 bits per heavy atom. The van der Waals surface area contributed by atoms with Crippen LogP contribution in [-0.4, -0.2) is 6.29 Å². The number of hydrogen-bond acceptors (Lipinski definition) is 1. The summed E-state index contributed by atoms with van der Waals surface area (Å²) in [5.74, 6) is 0. The van der Waals surface area contributed by atoms with Gasteiger partial charge in [0.05, 0.1) is 0 Å². The Kier molecular flexibility index (Phi) is 16.3. The van der Waals surface area contributed by atoms with E-state index in [-0.39, 0.29) is 22.4 Å². The van der Waals surface area contributed by atoms with E-state index < -0.39 is 0 Å². The molecule has 0 aliphatic heterocycles. The predicted octanol–water partition coefficient (Wildman–Crippen LogP) is 2.92. The molecule has 0 aliphatic carbocycles. The first-order chi connectivity index (χ1) is 6.41. The Morgan fingerprint density at radius 1 is 0.857 bits per heavy atom. The van der Waals surface area contributed by atoms with E-state index in [1.54, 1.807) is 0 Å². The molecule has 2 heteroatoms. The Hall–Kier alpha value is -0.890. The zero-order chi connectivity index (χ0) is 9.78. The van der Waals surface area contributed by atoms with Gasteiger partial charge in [-0.3, -0.25) is 6.29 Å². The quantitative estimate of drug-likeness (QED) is 0.529. The standard InChI is InChI=1S/2C5H5.C2H3O.Nb/c2*1-2-4-5-3-1;1-2-3;/h2*1-5H;1H3;/q3*-1;+3. The summed E-state index contributed by atoms with van der Waals surface area (Å²) in [5.41, 5.74) is 0. The fraction of sp³-hybridized carbons (Fsp3) is 0.0833. The second-order valence-electron chi connectivity index (χ2n) is 2.13. The summed E-state index contributed by atoms with van der Waals surface area (Å²) in [6, 6.07) is 20.0. The molecular weight excluding hydrogens is 253 g/mol. The molecule has 0 unspecified atom stereocenters. The molecule has 0 radical (unpaired) electrons. The molecule has 0 atom stereocenters. The van der Waals surface area contributed by atoms with Crippen molar-refractivity contribution in [2.24, 2.45) is 0 Å². The third-order valence-electron chi connectivity index (χ3n) is 1.11. The van der Waals surface area contributed by atoms with Crippen LogP contribution in [0.4, 0.5) is 0 Å². The molecule has 0 aromatic heterocycles. The molecule has 2 aromatic rings. The minimum absolute atomic E-state index is 0. The normalized spacial score (nSPS) is 6.64. The molecule has 1 nitrogen and oxygen atoms in total. The van der Waals surface area contributed by atoms with Gasteiger partial charge in [-0.1, -0.05) is 0 Å². The van der Waals surface area contributed by atoms with E-state index in [9.17, 15) is 0 Å². The largest absolute Gasteiger partial charge is 3.00 e. The number of carbonyl (C=O) groups excluding carboxylic acids is 1. The van der Waals surface area contributed by atoms with Crippen LogP contribution in [-0.2, 0) is 27.2 Å². The molecular formula is C12H13NbO. The van der Waals surface area contributed by atoms with Crippen LogP contribution in [0.1, 0.15) is 6.92 Å². The van der Waals surface area contributed by atoms with Crippen LogP contribution in [0.2, 0.25) is 0 Å². The van der Waals surface area contributed by atoms with Crippen LogP contribution < -0.4 is 0 Å². The van der Waals surface area contributed by atoms with Crippen LogP contribution in [0.5, 0.6) is 0 Å². The van der Waals surface area contributed by atoms with Crippen molar-refractivity contribution in [1.82, 2.24) is 0 Å². The molecule has 2 aromatic carbocycles. The van der Waals surface area contributed by atoms with Crippen LogP contribution >= 0.6 is 0 Å². The summed E-state index contributed by atoms with van der Waals surface area (Å²) in [4.78, 5) is 8.68. The van der Waals surface area contributed by atoms with Gasteiger partial charge < -0.3 is 4.79 Å². The predicted molar refractivity (Wildman–Crippen MR) is 55.4 cm³/mol. The Balaban J connectivity index is 0. The monoisotopic (exact) mass is 266 g/mol. The van der Waals surface area contributed by atoms with Gasteiger partial charge in [0.2, 0.25) is 0 Å². The minimum Gasteiger partial charge on any atom is -0.542 e. The van der Waals surface area contributed by atoms with Crippen molar-refractivity contribution >= 4 is 6.29 Å². The van der Waals surface area contributed by atoms with Crippen LogP contribution in [0.15, 0.2) is 60.7 Å². The van der Waals surface area contributed by atoms with Crippen LogP contribution in [0.3, 0.4) is 0 Å². The second kappa shape index (κ2) is 14.6. The van der Waals surface area contributed by atoms with Crippen LogP contribution in [0, 0.1) is 0 Å². The summed E-state index contributed by atoms with van der Waals surface area (Å²) >= 11 is 0. The molecule has 0 amide bonds. The van der Waals surface area contributed by atoms with Gasteiger partial charge in [-0.05, 0) is 0 Å². The average Bonchev–Trinajstić information content (AvgIpc) is 2.85. The van der Waals surface area contributed by atoms with E-state index >= 15 is 0 Å². The molecule has 0 N–H and O–H groups in total. The molecule has 0 fully saturated rings. The Bertz CT molecular complexity index is 185. The number of hydrogen-bond donors (Lipinski definition) is 0. The van der Waals surface area contributed by atoms with Crippen LogP contribution in [0.25, 0.3) is 0 Å². The zero-order valence-electron chi connectivity index (χ0n) is 8.13. The van der Waals surface area contributed by atoms with Crippen molar-refractivity contribution in [3.05, 3.63) is 60.7 Å². The maximum absolute atomic E-state index is 8.68. The van der Waals surface area contributed by atoms with Crippen molar-refractivity contribution in [1.29, 1.82) is 0 Å². The fourth-order valence-electron chi connectivity index (χ4n) is 0.642. The molecule has 0 bridgehead atoms. The SMILES string of the molecule is C[C-]=O.[Nb+3].c1cc[cH-]c1.c1cc[cH-]c1. The van der Waals surface area contributed by atoms with Gasteiger partial charge in [-0.25, -0.2) is 24.3 Å². The average molecular weight is 266 g/mol. The van der Waals surface area contributed by atoms with E-state index in [2.05, 4.69) is 0 Å². The molecule has 0 saturated carbocycles. The van der Waals surface area contributed by atoms with Gasteiger partial charge in [-0.2, -0.15) is 43.3 Å². The second-order valence-corrected chi connectivity index (χ2v) is 2.13. The summed E-state index contributed by atoms with van der Waals surface area (Å²) in [6.45, 7) is 1.32. The molecule has 0 heterocycles. The van der Waals surface area contributed by atoms with Gasteiger partial charge in [-0.15, -0.1) is 0 Å². The Morgan fingerprint density at radius 3 is 1.14 bits per heavy atom. The summed E-state index contributed by atoms with van der Waals surface area (Å²) in [7, 11) is 0. The fourth-order valence-corrected chi connectivity index (χ4v) is 0.642. The van der Waals surface area contributed by atoms with E-state index in [4.69, 9.17) is 4.79 Å². The maximum Gasteiger partial charge on any atom is 3.00 e. The third-order valence-corrected chi connectivity index (χ3v) is 1.11. The van der Waals surface area contributed by atoms with E-state index in [0.717, 1.165) is 0 Å². The molecule has 0 spiro atoms. The van der Waals surface area contributed by atoms with Crippen molar-refractivity contribution in [3.8, 4) is 0 Å². The van der Waals surface area contributed by atoms with E-state index in [1.807, 2.05) is 60.7 Å². The first-order valence-electron chi connectivity index (χ1n) is 4.04. The topological polar surface area (TPSA) is 17.1 Å². The number of rotatable bonds is 0. The first kappa shape index (κ1) is 15.6. The smallest absolute Gasteiger partial charge is 0.542 e. The van der Waals surface area contributed by atoms with E-state index in [0.29, 0.717) is 0 Å². The molecule has 0 saturated heterocycles. The van der Waals surface area contributed by atoms with Gasteiger partial charge in [0.25, 0.3) is 0 Å². The summed E-state index contributed by atoms with van der Waals surface area (Å²) < 4.78 is 0. The van der Waals surface area contributed by atoms with Crippen molar-refractivity contribution in [2.75, 3.05) is 0 Å². The summed E-state index contributed by atoms with van der Waals surface area (Å²) in [6.07, 6.45) is 1.50. The molecule has 2 rings (SSSR count). The first-order valence-corrected chi connectivity index (χ1v) is 4.04. The molecule has 0 aliphatic rings. The minimum atomic E-state index is 0. The van der Waals surface area contributed by atoms with Crippen molar-refractivity contribution in [3.63, 3.8) is 0 Å². The third kappa shape index (κ3) is 13.7. The van der Waals surface area contributed by atoms with E-state index in [1.165, 1.54) is 13.2 Å². The van der Waals surface area contributed by atoms with Gasteiger partial charge in [0.15, 0.2) is 0 Å². The maximum atomic E-state index is 8.68. The molecule has 72 valence electrons. The van der Waals surface area contributed by atoms with Crippen molar-refractivity contribution in [2.45, 2.75) is 6.92 Å². The van der Waals surface area contributed by atoms with Gasteiger partial charge in [0.1, 0.15) is 0 Å². The van der Waals surface area contributed by atoms with Gasteiger partial charge in [0, 0.05) is 0 Å². The Labute approximate surface area is 101 Å². The van der Waals surface area contributed by atoms with Gasteiger partial charge >= 0.3 is 22.4 Å².